The zero-order valence-corrected chi connectivity index (χ0v) is 16.1. The third-order valence-corrected chi connectivity index (χ3v) is 6.57. The molecule has 2 amide bonds. The van der Waals surface area contributed by atoms with Crippen LogP contribution in [0.1, 0.15) is 6.92 Å². The van der Waals surface area contributed by atoms with E-state index in [1.165, 1.54) is 23.5 Å². The molecule has 1 heterocycles. The fourth-order valence-electron chi connectivity index (χ4n) is 3.09. The highest BCUT2D eigenvalue weighted by atomic mass is 32.2. The minimum atomic E-state index is -3.62. The van der Waals surface area contributed by atoms with Gasteiger partial charge in [-0.05, 0) is 43.3 Å². The molecule has 1 atom stereocenters. The molecule has 1 aliphatic heterocycles. The standard InChI is InChI=1S/C19H23N3O4S/c1-15-14-21(19(23)20-16-6-4-3-5-7-16)12-13-22(15)27(24,25)18-10-8-17(26-2)9-11-18/h3-11,15H,12-14H2,1-2H3,(H,20,23)/t15-/m0/s1. The number of nitrogens with zero attached hydrogens (tertiary/aromatic N) is 2. The average molecular weight is 389 g/mol. The van der Waals surface area contributed by atoms with Crippen molar-refractivity contribution >= 4 is 21.7 Å². The van der Waals surface area contributed by atoms with Crippen molar-refractivity contribution in [3.05, 3.63) is 54.6 Å². The van der Waals surface area contributed by atoms with Gasteiger partial charge in [0.1, 0.15) is 5.75 Å². The van der Waals surface area contributed by atoms with Crippen molar-refractivity contribution < 1.29 is 17.9 Å². The third kappa shape index (κ3) is 4.23. The molecule has 0 radical (unpaired) electrons. The normalized spacial score (nSPS) is 18.1. The third-order valence-electron chi connectivity index (χ3n) is 4.54. The van der Waals surface area contributed by atoms with Gasteiger partial charge < -0.3 is 15.0 Å². The van der Waals surface area contributed by atoms with Crippen molar-refractivity contribution in [3.8, 4) is 5.75 Å². The van der Waals surface area contributed by atoms with Gasteiger partial charge in [0.2, 0.25) is 10.0 Å². The Labute approximate surface area is 159 Å². The first-order valence-corrected chi connectivity index (χ1v) is 10.1. The van der Waals surface area contributed by atoms with Gasteiger partial charge in [-0.15, -0.1) is 0 Å². The molecule has 0 saturated carbocycles. The molecule has 1 N–H and O–H groups in total. The molecule has 144 valence electrons. The van der Waals surface area contributed by atoms with Crippen LogP contribution in [0.5, 0.6) is 5.75 Å². The van der Waals surface area contributed by atoms with Crippen molar-refractivity contribution in [2.75, 3.05) is 32.1 Å². The summed E-state index contributed by atoms with van der Waals surface area (Å²) in [5.74, 6) is 0.601. The van der Waals surface area contributed by atoms with E-state index in [2.05, 4.69) is 5.32 Å². The Hall–Kier alpha value is -2.58. The quantitative estimate of drug-likeness (QED) is 0.872. The molecule has 8 heteroatoms. The number of carbonyl (C=O) groups excluding carboxylic acids is 1. The molecule has 0 spiro atoms. The van der Waals surface area contributed by atoms with E-state index in [9.17, 15) is 13.2 Å². The van der Waals surface area contributed by atoms with E-state index in [1.807, 2.05) is 37.3 Å². The van der Waals surface area contributed by atoms with E-state index < -0.39 is 10.0 Å². The van der Waals surface area contributed by atoms with Gasteiger partial charge in [-0.2, -0.15) is 4.31 Å². The van der Waals surface area contributed by atoms with Gasteiger partial charge in [-0.1, -0.05) is 18.2 Å². The summed E-state index contributed by atoms with van der Waals surface area (Å²) in [5.41, 5.74) is 0.712. The Balaban J connectivity index is 1.67. The molecule has 1 saturated heterocycles. The van der Waals surface area contributed by atoms with Crippen LogP contribution >= 0.6 is 0 Å². The van der Waals surface area contributed by atoms with Crippen LogP contribution in [-0.4, -0.2) is 56.4 Å². The Bertz CT molecular complexity index is 885. The number of ether oxygens (including phenoxy) is 1. The van der Waals surface area contributed by atoms with Crippen LogP contribution in [0.15, 0.2) is 59.5 Å². The lowest BCUT2D eigenvalue weighted by molar-refractivity contribution is 0.157. The van der Waals surface area contributed by atoms with Crippen LogP contribution in [0.2, 0.25) is 0 Å². The highest BCUT2D eigenvalue weighted by Crippen LogP contribution is 2.23. The van der Waals surface area contributed by atoms with Gasteiger partial charge in [0.15, 0.2) is 0 Å². The number of methoxy groups -OCH3 is 1. The van der Waals surface area contributed by atoms with E-state index in [-0.39, 0.29) is 23.5 Å². The molecule has 2 aromatic carbocycles. The van der Waals surface area contributed by atoms with Crippen molar-refractivity contribution in [2.24, 2.45) is 0 Å². The number of hydrogen-bond acceptors (Lipinski definition) is 4. The molecule has 0 aromatic heterocycles. The zero-order valence-electron chi connectivity index (χ0n) is 15.3. The van der Waals surface area contributed by atoms with Crippen LogP contribution in [0.3, 0.4) is 0 Å². The van der Waals surface area contributed by atoms with Crippen LogP contribution in [0, 0.1) is 0 Å². The monoisotopic (exact) mass is 389 g/mol. The zero-order chi connectivity index (χ0) is 19.4. The number of hydrogen-bond donors (Lipinski definition) is 1. The number of urea groups is 1. The molecule has 27 heavy (non-hydrogen) atoms. The lowest BCUT2D eigenvalue weighted by atomic mass is 10.2. The number of para-hydroxylation sites is 1. The average Bonchev–Trinajstić information content (AvgIpc) is 2.68. The van der Waals surface area contributed by atoms with Crippen molar-refractivity contribution in [1.82, 2.24) is 9.21 Å². The first-order chi connectivity index (χ1) is 12.9. The fraction of sp³-hybridized carbons (Fsp3) is 0.316. The van der Waals surface area contributed by atoms with Gasteiger partial charge in [0.05, 0.1) is 12.0 Å². The predicted molar refractivity (Wildman–Crippen MR) is 103 cm³/mol. The van der Waals surface area contributed by atoms with E-state index in [0.717, 1.165) is 0 Å². The molecule has 1 aliphatic rings. The highest BCUT2D eigenvalue weighted by molar-refractivity contribution is 7.89. The lowest BCUT2D eigenvalue weighted by Crippen LogP contribution is -2.56. The summed E-state index contributed by atoms with van der Waals surface area (Å²) in [6, 6.07) is 15.0. The largest absolute Gasteiger partial charge is 0.497 e. The number of rotatable bonds is 4. The van der Waals surface area contributed by atoms with E-state index >= 15 is 0 Å². The highest BCUT2D eigenvalue weighted by Gasteiger charge is 2.35. The Morgan fingerprint density at radius 1 is 1.07 bits per heavy atom. The summed E-state index contributed by atoms with van der Waals surface area (Å²) in [5, 5.41) is 2.84. The van der Waals surface area contributed by atoms with Gasteiger partial charge >= 0.3 is 6.03 Å². The van der Waals surface area contributed by atoms with Gasteiger partial charge in [0.25, 0.3) is 0 Å². The summed E-state index contributed by atoms with van der Waals surface area (Å²) in [6.07, 6.45) is 0. The predicted octanol–water partition coefficient (Wildman–Crippen LogP) is 2.62. The topological polar surface area (TPSA) is 79.0 Å². The summed E-state index contributed by atoms with van der Waals surface area (Å²) in [7, 11) is -2.09. The van der Waals surface area contributed by atoms with Crippen LogP contribution in [-0.2, 0) is 10.0 Å². The fourth-order valence-corrected chi connectivity index (χ4v) is 4.70. The van der Waals surface area contributed by atoms with Gasteiger partial charge in [-0.3, -0.25) is 0 Å². The smallest absolute Gasteiger partial charge is 0.321 e. The lowest BCUT2D eigenvalue weighted by Gasteiger charge is -2.38. The van der Waals surface area contributed by atoms with E-state index in [0.29, 0.717) is 24.5 Å². The number of anilines is 1. The maximum atomic E-state index is 12.9. The summed E-state index contributed by atoms with van der Waals surface area (Å²) < 4.78 is 32.4. The Morgan fingerprint density at radius 2 is 1.74 bits per heavy atom. The number of sulfonamides is 1. The molecule has 2 aromatic rings. The van der Waals surface area contributed by atoms with Crippen molar-refractivity contribution in [3.63, 3.8) is 0 Å². The van der Waals surface area contributed by atoms with E-state index in [1.54, 1.807) is 17.0 Å². The molecule has 0 bridgehead atoms. The molecule has 0 aliphatic carbocycles. The SMILES string of the molecule is COc1ccc(S(=O)(=O)N2CCN(C(=O)Nc3ccccc3)C[C@@H]2C)cc1. The summed E-state index contributed by atoms with van der Waals surface area (Å²) >= 11 is 0. The molecule has 7 nitrogen and oxygen atoms in total. The molecular weight excluding hydrogens is 366 g/mol. The second-order valence-electron chi connectivity index (χ2n) is 6.38. The minimum absolute atomic E-state index is 0.220. The van der Waals surface area contributed by atoms with Crippen LogP contribution < -0.4 is 10.1 Å². The molecule has 0 unspecified atom stereocenters. The number of piperazine rings is 1. The number of carbonyl (C=O) groups is 1. The van der Waals surface area contributed by atoms with Gasteiger partial charge in [-0.25, -0.2) is 13.2 Å². The number of amides is 2. The second kappa shape index (κ2) is 7.98. The minimum Gasteiger partial charge on any atom is -0.497 e. The molecule has 3 rings (SSSR count). The Morgan fingerprint density at radius 3 is 2.33 bits per heavy atom. The van der Waals surface area contributed by atoms with Crippen molar-refractivity contribution in [2.45, 2.75) is 17.9 Å². The molecule has 1 fully saturated rings. The van der Waals surface area contributed by atoms with Crippen LogP contribution in [0.4, 0.5) is 10.5 Å². The molecular formula is C19H23N3O4S. The Kier molecular flexibility index (Phi) is 5.67. The second-order valence-corrected chi connectivity index (χ2v) is 8.27. The van der Waals surface area contributed by atoms with Crippen LogP contribution in [0.25, 0.3) is 0 Å². The van der Waals surface area contributed by atoms with Gasteiger partial charge in [0, 0.05) is 31.4 Å². The number of benzene rings is 2. The first kappa shape index (κ1) is 19.2. The maximum Gasteiger partial charge on any atom is 0.321 e. The maximum absolute atomic E-state index is 12.9. The first-order valence-electron chi connectivity index (χ1n) is 8.68. The van der Waals surface area contributed by atoms with Crippen molar-refractivity contribution in [1.29, 1.82) is 0 Å². The van der Waals surface area contributed by atoms with E-state index in [4.69, 9.17) is 4.74 Å². The summed E-state index contributed by atoms with van der Waals surface area (Å²) in [4.78, 5) is 14.3. The summed E-state index contributed by atoms with van der Waals surface area (Å²) in [6.45, 7) is 2.72. The number of nitrogens with one attached hydrogen (secondary N) is 1.